The second-order valence-corrected chi connectivity index (χ2v) is 3.30. The van der Waals surface area contributed by atoms with E-state index >= 15 is 0 Å². The van der Waals surface area contributed by atoms with Crippen LogP contribution in [0.4, 0.5) is 0 Å². The molecular formula is C5H7N3O2S. The average Bonchev–Trinajstić information content (AvgIpc) is 2.31. The summed E-state index contributed by atoms with van der Waals surface area (Å²) < 4.78 is 22.7. The minimum atomic E-state index is -3.72. The largest absolute Gasteiger partial charge is 0.297 e. The van der Waals surface area contributed by atoms with Crippen molar-refractivity contribution in [3.05, 3.63) is 19.0 Å². The van der Waals surface area contributed by atoms with E-state index in [1.54, 1.807) is 0 Å². The summed E-state index contributed by atoms with van der Waals surface area (Å²) in [4.78, 5) is 3.54. The highest BCUT2D eigenvalue weighted by Crippen LogP contribution is 2.02. The van der Waals surface area contributed by atoms with Crippen molar-refractivity contribution in [1.29, 1.82) is 0 Å². The lowest BCUT2D eigenvalue weighted by Gasteiger charge is -1.96. The molecule has 1 rings (SSSR count). The van der Waals surface area contributed by atoms with Crippen LogP contribution in [0.5, 0.6) is 0 Å². The Morgan fingerprint density at radius 2 is 2.36 bits per heavy atom. The standard InChI is InChI=1S/C5H7N3O2S/c1-2-8-4-3-7-5(8)11(6,9)10/h2-4H,1H2,(H2,6,9,10). The minimum Gasteiger partial charge on any atom is -0.297 e. The van der Waals surface area contributed by atoms with Crippen molar-refractivity contribution in [2.45, 2.75) is 5.16 Å². The molecule has 0 saturated carbocycles. The van der Waals surface area contributed by atoms with E-state index in [-0.39, 0.29) is 5.16 Å². The molecule has 0 atom stereocenters. The van der Waals surface area contributed by atoms with Gasteiger partial charge in [0.1, 0.15) is 0 Å². The fraction of sp³-hybridized carbons (Fsp3) is 0. The number of sulfonamides is 1. The fourth-order valence-corrected chi connectivity index (χ4v) is 1.30. The Morgan fingerprint density at radius 1 is 1.73 bits per heavy atom. The van der Waals surface area contributed by atoms with E-state index < -0.39 is 10.0 Å². The molecule has 5 nitrogen and oxygen atoms in total. The number of nitrogens with two attached hydrogens (primary N) is 1. The number of nitrogens with zero attached hydrogens (tertiary/aromatic N) is 2. The second kappa shape index (κ2) is 2.48. The maximum absolute atomic E-state index is 10.7. The van der Waals surface area contributed by atoms with Crippen molar-refractivity contribution >= 4 is 16.2 Å². The molecule has 2 N–H and O–H groups in total. The van der Waals surface area contributed by atoms with E-state index in [1.165, 1.54) is 23.2 Å². The molecule has 0 radical (unpaired) electrons. The van der Waals surface area contributed by atoms with Crippen molar-refractivity contribution in [2.24, 2.45) is 5.14 Å². The SMILES string of the molecule is C=Cn1ccnc1S(N)(=O)=O. The third-order valence-electron chi connectivity index (χ3n) is 1.08. The van der Waals surface area contributed by atoms with Crippen LogP contribution in [0.25, 0.3) is 6.20 Å². The number of primary sulfonamides is 1. The number of aromatic nitrogens is 2. The predicted octanol–water partition coefficient (Wildman–Crippen LogP) is -0.369. The summed E-state index contributed by atoms with van der Waals surface area (Å²) in [6.45, 7) is 3.38. The van der Waals surface area contributed by atoms with Gasteiger partial charge in [0, 0.05) is 18.6 Å². The molecule has 0 aliphatic heterocycles. The molecule has 0 bridgehead atoms. The maximum Gasteiger partial charge on any atom is 0.272 e. The van der Waals surface area contributed by atoms with Crippen LogP contribution in [0, 0.1) is 0 Å². The monoisotopic (exact) mass is 173 g/mol. The molecule has 0 aliphatic rings. The van der Waals surface area contributed by atoms with Crippen LogP contribution in [-0.2, 0) is 10.0 Å². The zero-order valence-corrected chi connectivity index (χ0v) is 6.45. The van der Waals surface area contributed by atoms with Gasteiger partial charge >= 0.3 is 0 Å². The number of hydrogen-bond acceptors (Lipinski definition) is 3. The van der Waals surface area contributed by atoms with Gasteiger partial charge in [-0.05, 0) is 0 Å². The summed E-state index contributed by atoms with van der Waals surface area (Å²) in [6.07, 6.45) is 4.10. The predicted molar refractivity (Wildman–Crippen MR) is 40.0 cm³/mol. The van der Waals surface area contributed by atoms with Crippen LogP contribution in [0.15, 0.2) is 24.1 Å². The van der Waals surface area contributed by atoms with Crippen molar-refractivity contribution in [2.75, 3.05) is 0 Å². The molecule has 0 aromatic carbocycles. The smallest absolute Gasteiger partial charge is 0.272 e. The van der Waals surface area contributed by atoms with Gasteiger partial charge in [0.15, 0.2) is 0 Å². The first-order chi connectivity index (χ1) is 5.05. The van der Waals surface area contributed by atoms with Crippen LogP contribution >= 0.6 is 0 Å². The van der Waals surface area contributed by atoms with Gasteiger partial charge in [-0.1, -0.05) is 6.58 Å². The van der Waals surface area contributed by atoms with Crippen molar-refractivity contribution < 1.29 is 8.42 Å². The molecule has 0 amide bonds. The average molecular weight is 173 g/mol. The first-order valence-electron chi connectivity index (χ1n) is 2.74. The first-order valence-corrected chi connectivity index (χ1v) is 4.28. The van der Waals surface area contributed by atoms with Crippen LogP contribution in [0.3, 0.4) is 0 Å². The van der Waals surface area contributed by atoms with Crippen LogP contribution in [0.1, 0.15) is 0 Å². The third-order valence-corrected chi connectivity index (χ3v) is 1.91. The van der Waals surface area contributed by atoms with Gasteiger partial charge in [0.05, 0.1) is 0 Å². The van der Waals surface area contributed by atoms with Crippen molar-refractivity contribution in [3.8, 4) is 0 Å². The Bertz CT molecular complexity index is 365. The lowest BCUT2D eigenvalue weighted by Crippen LogP contribution is -2.16. The van der Waals surface area contributed by atoms with Gasteiger partial charge in [-0.25, -0.2) is 18.5 Å². The highest BCUT2D eigenvalue weighted by Gasteiger charge is 2.12. The molecule has 0 unspecified atom stereocenters. The van der Waals surface area contributed by atoms with Gasteiger partial charge in [0.2, 0.25) is 5.16 Å². The molecule has 1 aromatic heterocycles. The van der Waals surface area contributed by atoms with E-state index in [0.29, 0.717) is 0 Å². The van der Waals surface area contributed by atoms with E-state index in [2.05, 4.69) is 11.6 Å². The van der Waals surface area contributed by atoms with E-state index in [0.717, 1.165) is 0 Å². The Morgan fingerprint density at radius 3 is 2.73 bits per heavy atom. The molecule has 1 heterocycles. The third kappa shape index (κ3) is 1.47. The summed E-state index contributed by atoms with van der Waals surface area (Å²) in [5.41, 5.74) is 0. The molecular weight excluding hydrogens is 166 g/mol. The fourth-order valence-electron chi connectivity index (χ4n) is 0.659. The molecule has 11 heavy (non-hydrogen) atoms. The summed E-state index contributed by atoms with van der Waals surface area (Å²) in [5.74, 6) is 0. The summed E-state index contributed by atoms with van der Waals surface area (Å²) in [7, 11) is -3.72. The molecule has 0 aliphatic carbocycles. The number of hydrogen-bond donors (Lipinski definition) is 1. The minimum absolute atomic E-state index is 0.201. The molecule has 60 valence electrons. The van der Waals surface area contributed by atoms with Gasteiger partial charge in [-0.2, -0.15) is 0 Å². The summed E-state index contributed by atoms with van der Waals surface area (Å²) >= 11 is 0. The first kappa shape index (κ1) is 7.96. The van der Waals surface area contributed by atoms with Crippen LogP contribution in [0.2, 0.25) is 0 Å². The topological polar surface area (TPSA) is 78.0 Å². The number of rotatable bonds is 2. The lowest BCUT2D eigenvalue weighted by molar-refractivity contribution is 0.587. The molecule has 0 saturated heterocycles. The zero-order valence-electron chi connectivity index (χ0n) is 5.64. The van der Waals surface area contributed by atoms with Crippen molar-refractivity contribution in [3.63, 3.8) is 0 Å². The normalized spacial score (nSPS) is 11.4. The highest BCUT2D eigenvalue weighted by molar-refractivity contribution is 7.89. The number of imidazole rings is 1. The van der Waals surface area contributed by atoms with E-state index in [9.17, 15) is 8.42 Å². The van der Waals surface area contributed by atoms with E-state index in [1.807, 2.05) is 0 Å². The van der Waals surface area contributed by atoms with Gasteiger partial charge in [0.25, 0.3) is 10.0 Å². The Labute approximate surface area is 64.2 Å². The summed E-state index contributed by atoms with van der Waals surface area (Å²) in [6, 6.07) is 0. The Balaban J connectivity index is 3.35. The Hall–Kier alpha value is -1.14. The van der Waals surface area contributed by atoms with Crippen molar-refractivity contribution in [1.82, 2.24) is 9.55 Å². The second-order valence-electron chi connectivity index (χ2n) is 1.84. The molecule has 0 fully saturated rings. The molecule has 0 spiro atoms. The highest BCUT2D eigenvalue weighted by atomic mass is 32.2. The quantitative estimate of drug-likeness (QED) is 0.662. The molecule has 6 heteroatoms. The van der Waals surface area contributed by atoms with Gasteiger partial charge in [-0.15, -0.1) is 0 Å². The van der Waals surface area contributed by atoms with E-state index in [4.69, 9.17) is 5.14 Å². The van der Waals surface area contributed by atoms with Gasteiger partial charge in [-0.3, -0.25) is 4.57 Å². The summed E-state index contributed by atoms with van der Waals surface area (Å²) in [5, 5.41) is 4.62. The van der Waals surface area contributed by atoms with Gasteiger partial charge < -0.3 is 0 Å². The maximum atomic E-state index is 10.7. The zero-order chi connectivity index (χ0) is 8.48. The van der Waals surface area contributed by atoms with Crippen LogP contribution < -0.4 is 5.14 Å². The van der Waals surface area contributed by atoms with Crippen LogP contribution in [-0.4, -0.2) is 18.0 Å². The Kier molecular flexibility index (Phi) is 1.79. The lowest BCUT2D eigenvalue weighted by atomic mass is 10.9. The molecule has 1 aromatic rings.